The number of hydrogen-bond acceptors (Lipinski definition) is 6. The summed E-state index contributed by atoms with van der Waals surface area (Å²) in [7, 11) is 5.86. The van der Waals surface area contributed by atoms with Crippen LogP contribution in [0.1, 0.15) is 54.4 Å². The van der Waals surface area contributed by atoms with Crippen molar-refractivity contribution in [3.8, 4) is 17.5 Å². The molecular formula is C23H27B3N6O2. The third-order valence-electron chi connectivity index (χ3n) is 7.14. The van der Waals surface area contributed by atoms with Crippen LogP contribution in [0.5, 0.6) is 0 Å². The first-order valence-corrected chi connectivity index (χ1v) is 11.8. The Kier molecular flexibility index (Phi) is 5.25. The lowest BCUT2D eigenvalue weighted by atomic mass is 9.49. The minimum absolute atomic E-state index is 0.138. The second-order valence-electron chi connectivity index (χ2n) is 10.9. The first-order valence-electron chi connectivity index (χ1n) is 11.8. The van der Waals surface area contributed by atoms with Gasteiger partial charge in [-0.05, 0) is 68.0 Å². The molecule has 0 aromatic carbocycles. The summed E-state index contributed by atoms with van der Waals surface area (Å²) in [5.41, 5.74) is 3.34. The van der Waals surface area contributed by atoms with Gasteiger partial charge in [0.25, 0.3) is 5.91 Å². The van der Waals surface area contributed by atoms with Crippen molar-refractivity contribution in [1.29, 1.82) is 5.26 Å². The van der Waals surface area contributed by atoms with Crippen LogP contribution >= 0.6 is 0 Å². The average Bonchev–Trinajstić information content (AvgIpc) is 3.22. The van der Waals surface area contributed by atoms with Gasteiger partial charge >= 0.3 is 0 Å². The molecular weight excluding hydrogens is 425 g/mol. The molecule has 3 saturated carbocycles. The van der Waals surface area contributed by atoms with Gasteiger partial charge in [-0.1, -0.05) is 0 Å². The minimum Gasteiger partial charge on any atom is -0.390 e. The highest BCUT2D eigenvalue weighted by atomic mass is 16.3. The van der Waals surface area contributed by atoms with Crippen molar-refractivity contribution in [2.24, 2.45) is 0 Å². The van der Waals surface area contributed by atoms with E-state index in [1.54, 1.807) is 16.8 Å². The summed E-state index contributed by atoms with van der Waals surface area (Å²) in [6.07, 6.45) is 8.09. The van der Waals surface area contributed by atoms with Gasteiger partial charge in [0.1, 0.15) is 29.6 Å². The number of hydrogen-bond donors (Lipinski definition) is 3. The lowest BCUT2D eigenvalue weighted by molar-refractivity contribution is -0.0580. The van der Waals surface area contributed by atoms with Crippen LogP contribution in [0.2, 0.25) is 0 Å². The highest BCUT2D eigenvalue weighted by Crippen LogP contribution is 2.48. The molecule has 8 nitrogen and oxygen atoms in total. The highest BCUT2D eigenvalue weighted by molar-refractivity contribution is 6.60. The smallest absolute Gasteiger partial charge is 0.253 e. The summed E-state index contributed by atoms with van der Waals surface area (Å²) in [6, 6.07) is 9.64. The summed E-state index contributed by atoms with van der Waals surface area (Å²) in [5, 5.41) is 30.6. The number of nitrogens with one attached hydrogen (secondary N) is 2. The average molecular weight is 452 g/mol. The summed E-state index contributed by atoms with van der Waals surface area (Å²) in [4.78, 5) is 17.8. The Labute approximate surface area is 201 Å². The third kappa shape index (κ3) is 4.18. The molecule has 3 aromatic rings. The number of aliphatic hydroxyl groups is 1. The molecule has 11 heteroatoms. The summed E-state index contributed by atoms with van der Waals surface area (Å²) < 4.78 is 1.75. The van der Waals surface area contributed by atoms with Crippen LogP contribution in [0, 0.1) is 11.3 Å². The summed E-state index contributed by atoms with van der Waals surface area (Å²) in [5.74, 6) is -0.176. The van der Waals surface area contributed by atoms with Crippen molar-refractivity contribution in [2.45, 2.75) is 54.9 Å². The first-order chi connectivity index (χ1) is 16.1. The van der Waals surface area contributed by atoms with Crippen molar-refractivity contribution in [2.75, 3.05) is 5.32 Å². The maximum absolute atomic E-state index is 13.2. The minimum atomic E-state index is -0.530. The predicted octanol–water partition coefficient (Wildman–Crippen LogP) is -0.242. The Hall–Kier alpha value is -3.25. The van der Waals surface area contributed by atoms with Gasteiger partial charge in [0.05, 0.1) is 45.5 Å². The lowest BCUT2D eigenvalue weighted by Crippen LogP contribution is -2.54. The van der Waals surface area contributed by atoms with Crippen molar-refractivity contribution in [1.82, 2.24) is 19.9 Å². The summed E-state index contributed by atoms with van der Waals surface area (Å²) in [6.45, 7) is 0. The van der Waals surface area contributed by atoms with E-state index in [0.717, 1.165) is 55.4 Å². The standard InChI is InChI=1S/C23H27B3N6O2/c24-23(25,26)31-20(33)16-13-28-18(19-2-1-15-9-14(11-27)12-29-32(15)19)10-17(16)30-21-3-6-22(34,7-4-21)8-5-21/h1-2,9-10,12-13,34H,3-8,24-26H2,(H,28,30)(H,31,33). The Bertz CT molecular complexity index is 1300. The molecule has 3 aromatic heterocycles. The Morgan fingerprint density at radius 3 is 2.47 bits per heavy atom. The molecule has 3 fully saturated rings. The predicted molar refractivity (Wildman–Crippen MR) is 138 cm³/mol. The number of pyridine rings is 1. The zero-order valence-electron chi connectivity index (χ0n) is 19.9. The molecule has 0 saturated heterocycles. The Morgan fingerprint density at radius 1 is 1.12 bits per heavy atom. The van der Waals surface area contributed by atoms with E-state index in [1.165, 1.54) is 6.20 Å². The molecule has 0 aliphatic heterocycles. The number of anilines is 1. The molecule has 3 aliphatic rings. The van der Waals surface area contributed by atoms with Gasteiger partial charge < -0.3 is 15.7 Å². The largest absolute Gasteiger partial charge is 0.390 e. The van der Waals surface area contributed by atoms with Gasteiger partial charge in [0, 0.05) is 11.7 Å². The van der Waals surface area contributed by atoms with E-state index in [9.17, 15) is 9.90 Å². The molecule has 3 heterocycles. The molecule has 34 heavy (non-hydrogen) atoms. The molecule has 3 aliphatic carbocycles. The van der Waals surface area contributed by atoms with Crippen molar-refractivity contribution < 1.29 is 9.90 Å². The second-order valence-corrected chi connectivity index (χ2v) is 10.9. The van der Waals surface area contributed by atoms with Crippen LogP contribution in [0.3, 0.4) is 0 Å². The fourth-order valence-electron chi connectivity index (χ4n) is 5.18. The Morgan fingerprint density at radius 2 is 1.82 bits per heavy atom. The van der Waals surface area contributed by atoms with Crippen molar-refractivity contribution in [3.05, 3.63) is 47.8 Å². The Balaban J connectivity index is 1.55. The van der Waals surface area contributed by atoms with Crippen LogP contribution < -0.4 is 10.6 Å². The number of nitrogens with zero attached hydrogens (tertiary/aromatic N) is 4. The number of rotatable bonds is 5. The van der Waals surface area contributed by atoms with Gasteiger partial charge in [-0.3, -0.25) is 9.78 Å². The van der Waals surface area contributed by atoms with Crippen molar-refractivity contribution >= 4 is 40.7 Å². The molecule has 0 radical (unpaired) electrons. The van der Waals surface area contributed by atoms with Crippen LogP contribution in [0.25, 0.3) is 16.9 Å². The van der Waals surface area contributed by atoms with Gasteiger partial charge in [0.2, 0.25) is 0 Å². The monoisotopic (exact) mass is 452 g/mol. The molecule has 170 valence electrons. The molecule has 1 amide bonds. The number of aromatic nitrogens is 3. The zero-order chi connectivity index (χ0) is 24.1. The first kappa shape index (κ1) is 22.5. The normalized spacial score (nSPS) is 24.0. The zero-order valence-corrected chi connectivity index (χ0v) is 19.9. The van der Waals surface area contributed by atoms with Gasteiger partial charge in [-0.25, -0.2) is 4.52 Å². The van der Waals surface area contributed by atoms with E-state index in [-0.39, 0.29) is 16.7 Å². The maximum atomic E-state index is 13.2. The number of carbonyl (C=O) groups excluding carboxylic acids is 1. The lowest BCUT2D eigenvalue weighted by Gasteiger charge is -2.51. The van der Waals surface area contributed by atoms with E-state index in [1.807, 2.05) is 41.7 Å². The molecule has 0 atom stereocenters. The SMILES string of the molecule is BC(B)(B)NC(=O)c1cnc(-c2ccc3cc(C#N)cnn23)cc1NC12CCC(O)(CC1)CC2. The van der Waals surface area contributed by atoms with Crippen molar-refractivity contribution in [3.63, 3.8) is 0 Å². The topological polar surface area (TPSA) is 115 Å². The second kappa shape index (κ2) is 7.91. The number of amides is 1. The summed E-state index contributed by atoms with van der Waals surface area (Å²) >= 11 is 0. The molecule has 2 bridgehead atoms. The van der Waals surface area contributed by atoms with E-state index in [4.69, 9.17) is 5.26 Å². The van der Waals surface area contributed by atoms with E-state index < -0.39 is 5.60 Å². The van der Waals surface area contributed by atoms with Gasteiger partial charge in [-0.15, -0.1) is 0 Å². The highest BCUT2D eigenvalue weighted by Gasteiger charge is 2.48. The fourth-order valence-corrected chi connectivity index (χ4v) is 5.18. The fraction of sp³-hybridized carbons (Fsp3) is 0.391. The van der Waals surface area contributed by atoms with E-state index in [2.05, 4.69) is 26.8 Å². The maximum Gasteiger partial charge on any atom is 0.253 e. The molecule has 0 spiro atoms. The van der Waals surface area contributed by atoms with E-state index in [0.29, 0.717) is 16.8 Å². The molecule has 0 unspecified atom stereocenters. The van der Waals surface area contributed by atoms with Gasteiger partial charge in [0.15, 0.2) is 0 Å². The van der Waals surface area contributed by atoms with Crippen LogP contribution in [-0.2, 0) is 0 Å². The number of carbonyl (C=O) groups is 1. The van der Waals surface area contributed by atoms with Crippen LogP contribution in [0.15, 0.2) is 36.7 Å². The van der Waals surface area contributed by atoms with Crippen LogP contribution in [-0.4, -0.2) is 65.5 Å². The van der Waals surface area contributed by atoms with E-state index >= 15 is 0 Å². The van der Waals surface area contributed by atoms with Crippen LogP contribution in [0.4, 0.5) is 5.69 Å². The molecule has 6 rings (SSSR count). The number of fused-ring (bicyclic) bond motifs is 4. The quantitative estimate of drug-likeness (QED) is 0.461. The van der Waals surface area contributed by atoms with Gasteiger partial charge in [-0.2, -0.15) is 10.4 Å². The number of nitriles is 1. The third-order valence-corrected chi connectivity index (χ3v) is 7.14. The molecule has 3 N–H and O–H groups in total.